The lowest BCUT2D eigenvalue weighted by atomic mass is 10.1. The van der Waals surface area contributed by atoms with Gasteiger partial charge in [0.2, 0.25) is 0 Å². The zero-order valence-corrected chi connectivity index (χ0v) is 14.6. The molecule has 1 saturated heterocycles. The van der Waals surface area contributed by atoms with Crippen molar-refractivity contribution in [2.45, 2.75) is 19.3 Å². The zero-order chi connectivity index (χ0) is 18.4. The molecule has 2 aromatic rings. The van der Waals surface area contributed by atoms with Crippen LogP contribution in [0.15, 0.2) is 42.6 Å². The molecule has 0 radical (unpaired) electrons. The maximum Gasteiger partial charge on any atom is 0.440 e. The van der Waals surface area contributed by atoms with Crippen LogP contribution in [-0.4, -0.2) is 47.3 Å². The summed E-state index contributed by atoms with van der Waals surface area (Å²) >= 11 is 0. The van der Waals surface area contributed by atoms with Crippen molar-refractivity contribution in [1.82, 2.24) is 9.88 Å². The molecule has 1 amide bonds. The Kier molecular flexibility index (Phi) is 6.01. The molecule has 7 heteroatoms. The van der Waals surface area contributed by atoms with Crippen LogP contribution in [0, 0.1) is 0 Å². The first-order chi connectivity index (χ1) is 12.6. The lowest BCUT2D eigenvalue weighted by Crippen LogP contribution is -2.33. The first kappa shape index (κ1) is 18.1. The number of piperidine rings is 1. The summed E-state index contributed by atoms with van der Waals surface area (Å²) in [5.41, 5.74) is 1.71. The number of hydrogen-bond donors (Lipinski definition) is 2. The number of likely N-dealkylation sites (tertiary alicyclic amines) is 1. The lowest BCUT2D eigenvalue weighted by Gasteiger charge is -2.26. The number of benzene rings is 1. The van der Waals surface area contributed by atoms with Crippen molar-refractivity contribution in [3.8, 4) is 11.1 Å². The van der Waals surface area contributed by atoms with Crippen LogP contribution in [0.3, 0.4) is 0 Å². The van der Waals surface area contributed by atoms with E-state index in [1.54, 1.807) is 18.3 Å². The predicted octanol–water partition coefficient (Wildman–Crippen LogP) is 4.02. The van der Waals surface area contributed by atoms with Crippen molar-refractivity contribution in [1.29, 1.82) is 0 Å². The molecule has 0 spiro atoms. The molecule has 0 aliphatic carbocycles. The average Bonchev–Trinajstić information content (AvgIpc) is 2.69. The Labute approximate surface area is 152 Å². The van der Waals surface area contributed by atoms with E-state index in [0.29, 0.717) is 0 Å². The van der Waals surface area contributed by atoms with Gasteiger partial charge in [-0.1, -0.05) is 23.0 Å². The van der Waals surface area contributed by atoms with E-state index in [-0.39, 0.29) is 10.8 Å². The van der Waals surface area contributed by atoms with Crippen molar-refractivity contribution in [2.24, 2.45) is 0 Å². The maximum atomic E-state index is 13.3. The Morgan fingerprint density at radius 1 is 1.12 bits per heavy atom. The largest absolute Gasteiger partial charge is 0.463 e. The van der Waals surface area contributed by atoms with Gasteiger partial charge >= 0.3 is 6.09 Å². The summed E-state index contributed by atoms with van der Waals surface area (Å²) in [6, 6.07) is 10.0. The minimum absolute atomic E-state index is 0.0230. The summed E-state index contributed by atoms with van der Waals surface area (Å²) in [6.45, 7) is 4.25. The second-order valence-electron chi connectivity index (χ2n) is 6.37. The molecule has 0 atom stereocenters. The number of carbonyl (C=O) groups is 1. The van der Waals surface area contributed by atoms with Gasteiger partial charge in [0.15, 0.2) is 0 Å². The Morgan fingerprint density at radius 2 is 1.81 bits per heavy atom. The van der Waals surface area contributed by atoms with E-state index in [9.17, 15) is 9.28 Å². The van der Waals surface area contributed by atoms with E-state index in [4.69, 9.17) is 5.11 Å². The molecule has 6 nitrogen and oxygen atoms in total. The van der Waals surface area contributed by atoms with Crippen LogP contribution >= 0.6 is 0 Å². The topological polar surface area (TPSA) is 68.7 Å². The van der Waals surface area contributed by atoms with Gasteiger partial charge in [-0.2, -0.15) is 0 Å². The highest BCUT2D eigenvalue weighted by Crippen LogP contribution is 2.23. The van der Waals surface area contributed by atoms with Gasteiger partial charge in [0, 0.05) is 24.8 Å². The molecule has 2 heterocycles. The van der Waals surface area contributed by atoms with Crippen LogP contribution in [0.2, 0.25) is 0 Å². The molecule has 1 aliphatic rings. The Hall–Kier alpha value is -2.67. The Bertz CT molecular complexity index is 715. The van der Waals surface area contributed by atoms with Crippen LogP contribution in [0.4, 0.5) is 20.8 Å². The van der Waals surface area contributed by atoms with Crippen LogP contribution in [0.1, 0.15) is 19.3 Å². The van der Waals surface area contributed by atoms with Gasteiger partial charge in [-0.05, 0) is 55.8 Å². The smallest absolute Gasteiger partial charge is 0.440 e. The molecule has 26 heavy (non-hydrogen) atoms. The standard InChI is InChI=1S/C19H23FN4O2/c20-24(19(25)26)17-7-4-15(5-8-17)16-6-9-18(22-14-16)21-10-13-23-11-2-1-3-12-23/h4-9,14H,1-3,10-13H2,(H,21,22)(H,25,26). The van der Waals surface area contributed by atoms with Crippen molar-refractivity contribution in [3.05, 3.63) is 42.6 Å². The summed E-state index contributed by atoms with van der Waals surface area (Å²) in [4.78, 5) is 17.5. The van der Waals surface area contributed by atoms with Gasteiger partial charge in [-0.15, -0.1) is 5.12 Å². The number of nitrogens with zero attached hydrogens (tertiary/aromatic N) is 3. The third kappa shape index (κ3) is 4.70. The maximum absolute atomic E-state index is 13.3. The molecule has 138 valence electrons. The van der Waals surface area contributed by atoms with E-state index >= 15 is 0 Å². The summed E-state index contributed by atoms with van der Waals surface area (Å²) in [7, 11) is 0. The minimum atomic E-state index is -1.64. The van der Waals surface area contributed by atoms with Crippen molar-refractivity contribution in [3.63, 3.8) is 0 Å². The van der Waals surface area contributed by atoms with Gasteiger partial charge in [-0.25, -0.2) is 9.78 Å². The molecule has 1 fully saturated rings. The number of aromatic nitrogens is 1. The SMILES string of the molecule is O=C(O)N(F)c1ccc(-c2ccc(NCCN3CCCCC3)nc2)cc1. The number of rotatable bonds is 6. The molecular weight excluding hydrogens is 335 g/mol. The van der Waals surface area contributed by atoms with Crippen molar-refractivity contribution in [2.75, 3.05) is 36.6 Å². The highest BCUT2D eigenvalue weighted by atomic mass is 19.2. The Balaban J connectivity index is 1.54. The molecule has 2 N–H and O–H groups in total. The van der Waals surface area contributed by atoms with Gasteiger partial charge < -0.3 is 15.3 Å². The van der Waals surface area contributed by atoms with Gasteiger partial charge in [0.1, 0.15) is 5.82 Å². The van der Waals surface area contributed by atoms with Crippen molar-refractivity contribution < 1.29 is 14.4 Å². The van der Waals surface area contributed by atoms with Crippen LogP contribution in [0.5, 0.6) is 0 Å². The fourth-order valence-corrected chi connectivity index (χ4v) is 3.09. The third-order valence-corrected chi connectivity index (χ3v) is 4.54. The molecule has 0 saturated carbocycles. The fraction of sp³-hybridized carbons (Fsp3) is 0.368. The molecule has 1 aliphatic heterocycles. The number of amides is 1. The summed E-state index contributed by atoms with van der Waals surface area (Å²) in [5.74, 6) is 0.822. The van der Waals surface area contributed by atoms with Gasteiger partial charge in [0.05, 0.1) is 5.69 Å². The minimum Gasteiger partial charge on any atom is -0.463 e. The zero-order valence-electron chi connectivity index (χ0n) is 14.6. The van der Waals surface area contributed by atoms with Gasteiger partial charge in [-0.3, -0.25) is 0 Å². The number of halogens is 1. The second-order valence-corrected chi connectivity index (χ2v) is 6.37. The van der Waals surface area contributed by atoms with Gasteiger partial charge in [0.25, 0.3) is 0 Å². The van der Waals surface area contributed by atoms with E-state index in [1.807, 2.05) is 12.1 Å². The summed E-state index contributed by atoms with van der Waals surface area (Å²) < 4.78 is 13.3. The van der Waals surface area contributed by atoms with E-state index in [0.717, 1.165) is 30.0 Å². The van der Waals surface area contributed by atoms with Crippen LogP contribution in [0.25, 0.3) is 11.1 Å². The molecule has 0 bridgehead atoms. The number of nitrogens with one attached hydrogen (secondary N) is 1. The molecule has 1 aromatic carbocycles. The number of carboxylic acid groups (broad SMARTS) is 1. The van der Waals surface area contributed by atoms with E-state index < -0.39 is 6.09 Å². The molecule has 0 unspecified atom stereocenters. The average molecular weight is 358 g/mol. The predicted molar refractivity (Wildman–Crippen MR) is 100 cm³/mol. The molecule has 3 rings (SSSR count). The first-order valence-electron chi connectivity index (χ1n) is 8.85. The third-order valence-electron chi connectivity index (χ3n) is 4.54. The lowest BCUT2D eigenvalue weighted by molar-refractivity contribution is 0.186. The Morgan fingerprint density at radius 3 is 2.42 bits per heavy atom. The summed E-state index contributed by atoms with van der Waals surface area (Å²) in [6.07, 6.45) is 4.03. The van der Waals surface area contributed by atoms with Crippen LogP contribution in [-0.2, 0) is 0 Å². The number of hydrogen-bond acceptors (Lipinski definition) is 4. The highest BCUT2D eigenvalue weighted by molar-refractivity contribution is 5.84. The van der Waals surface area contributed by atoms with E-state index in [2.05, 4.69) is 15.2 Å². The van der Waals surface area contributed by atoms with Crippen LogP contribution < -0.4 is 10.4 Å². The molecule has 1 aromatic heterocycles. The van der Waals surface area contributed by atoms with Crippen molar-refractivity contribution >= 4 is 17.6 Å². The fourth-order valence-electron chi connectivity index (χ4n) is 3.09. The number of pyridine rings is 1. The molecular formula is C19H23FN4O2. The second kappa shape index (κ2) is 8.62. The van der Waals surface area contributed by atoms with E-state index in [1.165, 1.54) is 44.5 Å². The first-order valence-corrected chi connectivity index (χ1v) is 8.85. The normalized spacial score (nSPS) is 14.8. The quantitative estimate of drug-likeness (QED) is 0.764. The number of anilines is 2. The summed E-state index contributed by atoms with van der Waals surface area (Å²) in [5, 5.41) is 11.7. The monoisotopic (exact) mass is 358 g/mol. The highest BCUT2D eigenvalue weighted by Gasteiger charge is 2.13.